The number of nitrogens with zero attached hydrogens (tertiary/aromatic N) is 1. The van der Waals surface area contributed by atoms with E-state index < -0.39 is 35.2 Å². The summed E-state index contributed by atoms with van der Waals surface area (Å²) in [6, 6.07) is 13.8. The molecule has 4 unspecified atom stereocenters. The number of unbranched alkanes of at least 4 members (excludes halogenated alkanes) is 1. The summed E-state index contributed by atoms with van der Waals surface area (Å²) in [7, 11) is 2.29. The molecule has 4 rings (SSSR count). The molecule has 4 atom stereocenters. The molecule has 1 aliphatic heterocycles. The van der Waals surface area contributed by atoms with Crippen LogP contribution in [0.4, 0.5) is 10.1 Å². The van der Waals surface area contributed by atoms with Crippen LogP contribution < -0.4 is 20.7 Å². The number of carbonyl (C=O) groups is 4. The van der Waals surface area contributed by atoms with E-state index in [1.54, 1.807) is 36.4 Å². The van der Waals surface area contributed by atoms with Crippen LogP contribution in [-0.4, -0.2) is 36.3 Å². The molecule has 0 radical (unpaired) electrons. The largest absolute Gasteiger partial charge is 0.481 e. The van der Waals surface area contributed by atoms with Gasteiger partial charge in [0.15, 0.2) is 0 Å². The van der Waals surface area contributed by atoms with Crippen molar-refractivity contribution in [3.05, 3.63) is 104 Å². The lowest BCUT2D eigenvalue weighted by Gasteiger charge is -2.42. The van der Waals surface area contributed by atoms with Crippen LogP contribution in [-0.2, 0) is 19.2 Å². The molecule has 0 aromatic heterocycles. The van der Waals surface area contributed by atoms with Crippen LogP contribution in [0.1, 0.15) is 148 Å². The lowest BCUT2D eigenvalue weighted by atomic mass is 9.69. The maximum atomic E-state index is 14.8. The predicted octanol–water partition coefficient (Wildman–Crippen LogP) is 12.2. The Bertz CT molecular complexity index is 1860. The number of ether oxygens (including phenoxy) is 1. The number of anilines is 1. The van der Waals surface area contributed by atoms with E-state index in [1.165, 1.54) is 44.4 Å². The molecule has 0 bridgehead atoms. The van der Waals surface area contributed by atoms with Crippen molar-refractivity contribution in [2.24, 2.45) is 11.1 Å². The van der Waals surface area contributed by atoms with Crippen LogP contribution >= 0.6 is 32.4 Å². The van der Waals surface area contributed by atoms with E-state index in [4.69, 9.17) is 38.5 Å². The van der Waals surface area contributed by atoms with Gasteiger partial charge in [-0.25, -0.2) is 4.39 Å². The number of nitrogens with one attached hydrogen (secondary N) is 1. The van der Waals surface area contributed by atoms with Gasteiger partial charge in [0.1, 0.15) is 23.5 Å². The minimum absolute atomic E-state index is 0.0137. The Morgan fingerprint density at radius 1 is 0.983 bits per heavy atom. The number of carbonyl (C=O) groups excluding carboxylic acids is 4. The summed E-state index contributed by atoms with van der Waals surface area (Å²) in [5.74, 6) is -2.00. The smallest absolute Gasteiger partial charge is 0.230 e. The van der Waals surface area contributed by atoms with Crippen molar-refractivity contribution in [3.8, 4) is 5.75 Å². The van der Waals surface area contributed by atoms with E-state index >= 15 is 0 Å². The van der Waals surface area contributed by atoms with Gasteiger partial charge >= 0.3 is 0 Å². The third-order valence-corrected chi connectivity index (χ3v) is 10.8. The highest BCUT2D eigenvalue weighted by molar-refractivity contribution is 7.17. The van der Waals surface area contributed by atoms with E-state index in [0.29, 0.717) is 69.0 Å². The fourth-order valence-electron chi connectivity index (χ4n) is 7.05. The van der Waals surface area contributed by atoms with E-state index in [0.717, 1.165) is 16.7 Å². The molecule has 3 amide bonds. The Kier molecular flexibility index (Phi) is 23.2. The first-order valence-corrected chi connectivity index (χ1v) is 22.1. The summed E-state index contributed by atoms with van der Waals surface area (Å²) in [4.78, 5) is 48.6. The molecule has 326 valence electrons. The molecule has 3 aromatic carbocycles. The maximum Gasteiger partial charge on any atom is 0.230 e. The molecule has 0 saturated carbocycles. The summed E-state index contributed by atoms with van der Waals surface area (Å²) in [5.41, 5.74) is 9.54. The number of amides is 3. The minimum atomic E-state index is -0.823. The first-order valence-electron chi connectivity index (χ1n) is 20.5. The molecular weight excluding hydrogens is 807 g/mol. The second kappa shape index (κ2) is 25.8. The third kappa shape index (κ3) is 15.3. The van der Waals surface area contributed by atoms with Gasteiger partial charge in [0, 0.05) is 47.1 Å². The average Bonchev–Trinajstić information content (AvgIpc) is 3.21. The van der Waals surface area contributed by atoms with Crippen LogP contribution in [0.15, 0.2) is 66.4 Å². The third-order valence-electron chi connectivity index (χ3n) is 10.2. The zero-order valence-electron chi connectivity index (χ0n) is 36.9. The number of rotatable bonds is 13. The molecule has 1 heterocycles. The Hall–Kier alpha value is -3.78. The van der Waals surface area contributed by atoms with Crippen molar-refractivity contribution in [1.82, 2.24) is 5.32 Å². The van der Waals surface area contributed by atoms with Crippen molar-refractivity contribution in [2.45, 2.75) is 138 Å². The van der Waals surface area contributed by atoms with Crippen molar-refractivity contribution in [3.63, 3.8) is 0 Å². The van der Waals surface area contributed by atoms with Crippen LogP contribution in [0.3, 0.4) is 0 Å². The Morgan fingerprint density at radius 2 is 1.58 bits per heavy atom. The number of hydrogen-bond acceptors (Lipinski definition) is 6. The minimum Gasteiger partial charge on any atom is -0.481 e. The van der Waals surface area contributed by atoms with Gasteiger partial charge in [0.25, 0.3) is 0 Å². The van der Waals surface area contributed by atoms with E-state index in [1.807, 2.05) is 47.6 Å². The summed E-state index contributed by atoms with van der Waals surface area (Å²) in [6.45, 7) is 22.1. The van der Waals surface area contributed by atoms with Gasteiger partial charge in [0.2, 0.25) is 18.2 Å². The first kappa shape index (κ1) is 53.2. The lowest BCUT2D eigenvalue weighted by molar-refractivity contribution is -0.124. The topological polar surface area (TPSA) is 119 Å². The average molecular weight is 875 g/mol. The SMILES string of the molecule is C/C=C(\N)C(CC)(CC)Oc1ccc(Cl)cc1C1CC(=O)NC(c2cc(F)ccc2C)C1c1ccc(Cl)cc1N(C=O)C(C)=O.CC.CCCCC(C)(C)C.O=CCP. The number of aldehydes is 1. The maximum absolute atomic E-state index is 14.8. The number of aryl methyl sites for hydroxylation is 1. The second-order valence-electron chi connectivity index (χ2n) is 15.4. The molecular formula is C47H67Cl2FN3O5P. The summed E-state index contributed by atoms with van der Waals surface area (Å²) in [6.07, 6.45) is 8.89. The van der Waals surface area contributed by atoms with Crippen molar-refractivity contribution < 1.29 is 28.3 Å². The molecule has 0 spiro atoms. The van der Waals surface area contributed by atoms with Gasteiger partial charge in [-0.1, -0.05) is 110 Å². The van der Waals surface area contributed by atoms with Crippen molar-refractivity contribution in [2.75, 3.05) is 11.1 Å². The molecule has 59 heavy (non-hydrogen) atoms. The number of benzene rings is 3. The van der Waals surface area contributed by atoms with E-state index in [2.05, 4.69) is 42.3 Å². The van der Waals surface area contributed by atoms with Crippen molar-refractivity contribution in [1.29, 1.82) is 0 Å². The molecule has 1 saturated heterocycles. The van der Waals surface area contributed by atoms with Crippen LogP contribution in [0.2, 0.25) is 10.0 Å². The molecule has 3 aromatic rings. The lowest BCUT2D eigenvalue weighted by Crippen LogP contribution is -2.43. The Balaban J connectivity index is 0.00000107. The van der Waals surface area contributed by atoms with Crippen LogP contribution in [0, 0.1) is 18.2 Å². The molecule has 1 aliphatic rings. The number of imide groups is 1. The van der Waals surface area contributed by atoms with Gasteiger partial charge in [0.05, 0.1) is 11.7 Å². The number of hydrogen-bond donors (Lipinski definition) is 2. The van der Waals surface area contributed by atoms with Crippen LogP contribution in [0.5, 0.6) is 5.75 Å². The first-order chi connectivity index (χ1) is 27.9. The number of nitrogens with two attached hydrogens (primary N) is 1. The summed E-state index contributed by atoms with van der Waals surface area (Å²) >= 11 is 13.0. The van der Waals surface area contributed by atoms with Gasteiger partial charge in [-0.05, 0) is 103 Å². The molecule has 8 nitrogen and oxygen atoms in total. The van der Waals surface area contributed by atoms with Gasteiger partial charge < -0.3 is 20.6 Å². The molecule has 0 aliphatic carbocycles. The normalized spacial score (nSPS) is 16.4. The molecule has 12 heteroatoms. The predicted molar refractivity (Wildman–Crippen MR) is 247 cm³/mol. The molecule has 1 fully saturated rings. The van der Waals surface area contributed by atoms with E-state index in [9.17, 15) is 18.8 Å². The molecule has 3 N–H and O–H groups in total. The highest BCUT2D eigenvalue weighted by Crippen LogP contribution is 2.53. The zero-order valence-corrected chi connectivity index (χ0v) is 39.6. The number of piperidine rings is 1. The summed E-state index contributed by atoms with van der Waals surface area (Å²) in [5, 5.41) is 3.81. The number of halogens is 3. The van der Waals surface area contributed by atoms with Crippen molar-refractivity contribution >= 4 is 62.6 Å². The zero-order chi connectivity index (χ0) is 45.1. The monoisotopic (exact) mass is 873 g/mol. The fraction of sp³-hybridized carbons (Fsp3) is 0.489. The highest BCUT2D eigenvalue weighted by atomic mass is 35.5. The van der Waals surface area contributed by atoms with Gasteiger partial charge in [-0.2, -0.15) is 0 Å². The van der Waals surface area contributed by atoms with Gasteiger partial charge in [-0.15, -0.1) is 9.24 Å². The standard InChI is InChI=1S/C35H38Cl2FN3O4.C8H18.C2H5OP.C2H6/c1-6-31(39)35(7-2,8-3)45-30-14-11-22(36)15-27(30)28-18-32(44)40-34(26-17-24(38)12-9-20(26)4)33(28)25-13-10-23(37)16-29(25)41(19-42)21(5)43;1-5-6-7-8(2,3)4;3-1-2-4;1-2/h6,9-17,19,28,33-34H,7-8,18,39H2,1-5H3,(H,40,44);5-7H2,1-4H3;1H,2,4H2;1-2H3/b31-6-;;;. The Labute approximate surface area is 365 Å². The summed E-state index contributed by atoms with van der Waals surface area (Å²) < 4.78 is 21.5. The van der Waals surface area contributed by atoms with Crippen LogP contribution in [0.25, 0.3) is 0 Å². The van der Waals surface area contributed by atoms with Gasteiger partial charge in [-0.3, -0.25) is 19.3 Å². The fourth-order valence-corrected chi connectivity index (χ4v) is 7.40. The second-order valence-corrected chi connectivity index (χ2v) is 16.7. The quantitative estimate of drug-likeness (QED) is 0.130. The Morgan fingerprint density at radius 3 is 2.07 bits per heavy atom. The van der Waals surface area contributed by atoms with E-state index in [-0.39, 0.29) is 18.0 Å². The highest BCUT2D eigenvalue weighted by Gasteiger charge is 2.44. The number of allylic oxidation sites excluding steroid dienone is 1.